The average molecular weight is 368 g/mol. The number of hydrogen-bond donors (Lipinski definition) is 2. The van der Waals surface area contributed by atoms with Gasteiger partial charge in [-0.2, -0.15) is 0 Å². The number of hydrogen-bond acceptors (Lipinski definition) is 6. The maximum atomic E-state index is 9.22. The predicted molar refractivity (Wildman–Crippen MR) is 95.4 cm³/mol. The number of nitrogens with zero attached hydrogens (tertiary/aromatic N) is 1. The van der Waals surface area contributed by atoms with Crippen LogP contribution < -0.4 is 10.6 Å². The summed E-state index contributed by atoms with van der Waals surface area (Å²) in [6, 6.07) is 0. The molecule has 2 atom stereocenters. The van der Waals surface area contributed by atoms with Crippen LogP contribution in [0.4, 0.5) is 0 Å². The Labute approximate surface area is 148 Å². The summed E-state index contributed by atoms with van der Waals surface area (Å²) in [5.74, 6) is 0. The van der Waals surface area contributed by atoms with Gasteiger partial charge in [0.2, 0.25) is 10.4 Å². The van der Waals surface area contributed by atoms with E-state index in [2.05, 4.69) is 36.9 Å². The van der Waals surface area contributed by atoms with Crippen LogP contribution in [0, 0.1) is 5.41 Å². The minimum Gasteiger partial charge on any atom is -0.726 e. The van der Waals surface area contributed by atoms with Crippen LogP contribution in [0.3, 0.4) is 0 Å². The molecule has 7 nitrogen and oxygen atoms in total. The van der Waals surface area contributed by atoms with Crippen molar-refractivity contribution in [1.29, 1.82) is 0 Å². The van der Waals surface area contributed by atoms with Gasteiger partial charge in [-0.25, -0.2) is 8.42 Å². The Balaban J connectivity index is 0.000000754. The molecular weight excluding hydrogens is 330 g/mol. The molecule has 0 amide bonds. The fourth-order valence-electron chi connectivity index (χ4n) is 3.64. The highest BCUT2D eigenvalue weighted by atomic mass is 32.3. The van der Waals surface area contributed by atoms with Gasteiger partial charge in [-0.3, -0.25) is 9.08 Å². The first-order valence-corrected chi connectivity index (χ1v) is 10.2. The van der Waals surface area contributed by atoms with Gasteiger partial charge in [-0.05, 0) is 13.5 Å². The van der Waals surface area contributed by atoms with Gasteiger partial charge >= 0.3 is 0 Å². The summed E-state index contributed by atoms with van der Waals surface area (Å²) < 4.78 is 31.0. The van der Waals surface area contributed by atoms with Gasteiger partial charge in [-0.15, -0.1) is 0 Å². The zero-order valence-corrected chi connectivity index (χ0v) is 16.8. The average Bonchev–Trinajstić information content (AvgIpc) is 2.86. The molecule has 3 N–H and O–H groups in total. The van der Waals surface area contributed by atoms with Crippen molar-refractivity contribution >= 4 is 10.4 Å². The van der Waals surface area contributed by atoms with Crippen molar-refractivity contribution in [3.8, 4) is 0 Å². The first-order valence-electron chi connectivity index (χ1n) is 8.85. The van der Waals surface area contributed by atoms with Crippen molar-refractivity contribution < 1.29 is 22.1 Å². The Morgan fingerprint density at radius 2 is 1.92 bits per heavy atom. The van der Waals surface area contributed by atoms with Crippen molar-refractivity contribution in [3.05, 3.63) is 0 Å². The van der Waals surface area contributed by atoms with E-state index in [0.717, 1.165) is 20.2 Å². The van der Waals surface area contributed by atoms with Crippen molar-refractivity contribution in [2.75, 3.05) is 40.3 Å². The molecule has 0 aromatic heterocycles. The van der Waals surface area contributed by atoms with Crippen LogP contribution in [0.5, 0.6) is 0 Å². The number of rotatable bonds is 9. The number of nitrogens with two attached hydrogens (primary N) is 1. The minimum atomic E-state index is -4.41. The Hall–Kier alpha value is -0.250. The van der Waals surface area contributed by atoms with Gasteiger partial charge in [0, 0.05) is 12.0 Å². The summed E-state index contributed by atoms with van der Waals surface area (Å²) in [5, 5.41) is 0. The molecule has 0 aliphatic carbocycles. The fraction of sp³-hybridized carbons (Fsp3) is 1.00. The third-order valence-electron chi connectivity index (χ3n) is 4.70. The van der Waals surface area contributed by atoms with E-state index in [0.29, 0.717) is 11.6 Å². The molecule has 24 heavy (non-hydrogen) atoms. The van der Waals surface area contributed by atoms with E-state index in [1.54, 1.807) is 4.90 Å². The number of likely N-dealkylation sites (N-methyl/N-ethyl adjacent to an activating group) is 1. The minimum absolute atomic E-state index is 0.406. The van der Waals surface area contributed by atoms with E-state index in [4.69, 9.17) is 5.73 Å². The lowest BCUT2D eigenvalue weighted by molar-refractivity contribution is -0.924. The summed E-state index contributed by atoms with van der Waals surface area (Å²) in [6.07, 6.45) is 7.48. The quantitative estimate of drug-likeness (QED) is 0.343. The van der Waals surface area contributed by atoms with Gasteiger partial charge in [-0.1, -0.05) is 46.5 Å². The Bertz CT molecular complexity index is 427. The Kier molecular flexibility index (Phi) is 11.3. The molecule has 0 radical (unpaired) electrons. The first kappa shape index (κ1) is 23.8. The van der Waals surface area contributed by atoms with Crippen molar-refractivity contribution in [3.63, 3.8) is 0 Å². The Morgan fingerprint density at radius 3 is 2.38 bits per heavy atom. The van der Waals surface area contributed by atoms with E-state index < -0.39 is 10.4 Å². The molecule has 8 heteroatoms. The monoisotopic (exact) mass is 367 g/mol. The highest BCUT2D eigenvalue weighted by molar-refractivity contribution is 7.80. The fourth-order valence-corrected chi connectivity index (χ4v) is 3.64. The predicted octanol–water partition coefficient (Wildman–Crippen LogP) is 0.191. The summed E-state index contributed by atoms with van der Waals surface area (Å²) in [4.78, 5) is 4.24. The second-order valence-corrected chi connectivity index (χ2v) is 8.35. The molecule has 0 aromatic carbocycles. The van der Waals surface area contributed by atoms with Gasteiger partial charge in [0.15, 0.2) is 0 Å². The summed E-state index contributed by atoms with van der Waals surface area (Å²) in [6.45, 7) is 11.6. The van der Waals surface area contributed by atoms with Gasteiger partial charge in [0.1, 0.15) is 6.17 Å². The maximum Gasteiger partial charge on any atom is 0.217 e. The normalized spacial score (nSPS) is 22.3. The largest absolute Gasteiger partial charge is 0.726 e. The summed E-state index contributed by atoms with van der Waals surface area (Å²) in [7, 11) is -1.32. The van der Waals surface area contributed by atoms with Crippen LogP contribution >= 0.6 is 0 Å². The van der Waals surface area contributed by atoms with Gasteiger partial charge in [0.25, 0.3) is 0 Å². The lowest BCUT2D eigenvalue weighted by Crippen LogP contribution is -3.16. The molecule has 0 aromatic rings. The molecule has 0 bridgehead atoms. The van der Waals surface area contributed by atoms with Crippen LogP contribution in [-0.4, -0.2) is 64.4 Å². The third-order valence-corrected chi connectivity index (χ3v) is 5.11. The van der Waals surface area contributed by atoms with Crippen LogP contribution in [0.2, 0.25) is 0 Å². The molecule has 1 aliphatic rings. The molecule has 1 heterocycles. The summed E-state index contributed by atoms with van der Waals surface area (Å²) >= 11 is 0. The number of nitrogens with one attached hydrogen (secondary N) is 1. The van der Waals surface area contributed by atoms with Gasteiger partial charge < -0.3 is 15.2 Å². The van der Waals surface area contributed by atoms with E-state index in [1.165, 1.54) is 45.2 Å². The molecule has 1 fully saturated rings. The zero-order valence-electron chi connectivity index (χ0n) is 16.0. The lowest BCUT2D eigenvalue weighted by atomic mass is 9.82. The second-order valence-electron chi connectivity index (χ2n) is 7.20. The number of quaternary nitrogens is 1. The molecule has 1 rings (SSSR count). The molecule has 0 saturated carbocycles. The van der Waals surface area contributed by atoms with Crippen molar-refractivity contribution in [2.45, 2.75) is 59.0 Å². The Morgan fingerprint density at radius 1 is 1.33 bits per heavy atom. The van der Waals surface area contributed by atoms with Crippen LogP contribution in [0.15, 0.2) is 0 Å². The van der Waals surface area contributed by atoms with E-state index in [9.17, 15) is 13.0 Å². The smallest absolute Gasteiger partial charge is 0.217 e. The third kappa shape index (κ3) is 9.29. The molecule has 1 saturated heterocycles. The van der Waals surface area contributed by atoms with E-state index in [-0.39, 0.29) is 0 Å². The molecule has 2 unspecified atom stereocenters. The molecule has 1 aliphatic heterocycles. The molecule has 146 valence electrons. The van der Waals surface area contributed by atoms with E-state index in [1.807, 2.05) is 0 Å². The lowest BCUT2D eigenvalue weighted by Gasteiger charge is -2.37. The highest BCUT2D eigenvalue weighted by Crippen LogP contribution is 2.29. The summed E-state index contributed by atoms with van der Waals surface area (Å²) in [5.41, 5.74) is 6.17. The highest BCUT2D eigenvalue weighted by Gasteiger charge is 2.43. The SMILES string of the molecule is CCCCCCC(C)(C)C1N(C)CC[NH+]1CCN.COS(=O)(=O)[O-]. The van der Waals surface area contributed by atoms with Crippen LogP contribution in [0.25, 0.3) is 0 Å². The number of unbranched alkanes of at least 4 members (excludes halogenated alkanes) is 3. The van der Waals surface area contributed by atoms with Gasteiger partial charge in [0.05, 0.1) is 26.7 Å². The van der Waals surface area contributed by atoms with Crippen LogP contribution in [0.1, 0.15) is 52.9 Å². The molecule has 0 spiro atoms. The van der Waals surface area contributed by atoms with Crippen LogP contribution in [-0.2, 0) is 14.6 Å². The second kappa shape index (κ2) is 11.4. The maximum absolute atomic E-state index is 9.22. The topological polar surface area (TPSA) is 100 Å². The zero-order chi connectivity index (χ0) is 18.8. The standard InChI is InChI=1S/C15H33N3.CH4O4S/c1-5-6-7-8-9-15(2,3)14-17(4)12-13-18(14)11-10-16;1-5-6(2,3)4/h14H,5-13,16H2,1-4H3;1H3,(H,2,3,4). The first-order chi connectivity index (χ1) is 11.1. The van der Waals surface area contributed by atoms with E-state index >= 15 is 0 Å². The van der Waals surface area contributed by atoms with Crippen molar-refractivity contribution in [2.24, 2.45) is 11.1 Å². The molecular formula is C16H37N3O4S. The van der Waals surface area contributed by atoms with Crippen molar-refractivity contribution in [1.82, 2.24) is 4.90 Å².